The number of benzene rings is 1. The molecule has 2 unspecified atom stereocenters. The van der Waals surface area contributed by atoms with Crippen molar-refractivity contribution < 1.29 is 4.79 Å². The van der Waals surface area contributed by atoms with Crippen molar-refractivity contribution in [2.45, 2.75) is 44.8 Å². The average Bonchev–Trinajstić information content (AvgIpc) is 2.47. The molecule has 1 aromatic rings. The Hall–Kier alpha value is -0.810. The van der Waals surface area contributed by atoms with Gasteiger partial charge in [0.25, 0.3) is 0 Å². The molecule has 0 radical (unpaired) electrons. The van der Waals surface area contributed by atoms with Crippen LogP contribution in [0.4, 0.5) is 0 Å². The maximum atomic E-state index is 12.1. The topological polar surface area (TPSA) is 49.6 Å². The first-order chi connectivity index (χ1) is 10.1. The SMILES string of the molecule is CC(N)CC(=O)N(C)C1CCCN(Cc2ccccc2)C1.Cl.Cl. The van der Waals surface area contributed by atoms with E-state index in [1.54, 1.807) is 0 Å². The number of nitrogens with two attached hydrogens (primary N) is 1. The van der Waals surface area contributed by atoms with E-state index < -0.39 is 0 Å². The number of nitrogens with zero attached hydrogens (tertiary/aromatic N) is 2. The van der Waals surface area contributed by atoms with Gasteiger partial charge in [0.1, 0.15) is 0 Å². The summed E-state index contributed by atoms with van der Waals surface area (Å²) >= 11 is 0. The standard InChI is InChI=1S/C17H27N3O.2ClH/c1-14(18)11-17(21)19(2)16-9-6-10-20(13-16)12-15-7-4-3-5-8-15;;/h3-5,7-8,14,16H,6,9-13,18H2,1-2H3;2*1H. The number of carbonyl (C=O) groups excluding carboxylic acids is 1. The number of halogens is 2. The van der Waals surface area contributed by atoms with Crippen molar-refractivity contribution >= 4 is 30.7 Å². The maximum Gasteiger partial charge on any atom is 0.224 e. The number of piperidine rings is 1. The second-order valence-corrected chi connectivity index (χ2v) is 6.20. The van der Waals surface area contributed by atoms with Crippen molar-refractivity contribution in [3.05, 3.63) is 35.9 Å². The molecule has 1 aromatic carbocycles. The third-order valence-electron chi connectivity index (χ3n) is 4.17. The third-order valence-corrected chi connectivity index (χ3v) is 4.17. The number of hydrogen-bond donors (Lipinski definition) is 1. The molecule has 0 bridgehead atoms. The molecule has 132 valence electrons. The largest absolute Gasteiger partial charge is 0.341 e. The van der Waals surface area contributed by atoms with Gasteiger partial charge in [-0.05, 0) is 31.9 Å². The van der Waals surface area contributed by atoms with E-state index >= 15 is 0 Å². The summed E-state index contributed by atoms with van der Waals surface area (Å²) in [7, 11) is 1.92. The molecular weight excluding hydrogens is 333 g/mol. The fourth-order valence-electron chi connectivity index (χ4n) is 2.96. The number of amides is 1. The van der Waals surface area contributed by atoms with Gasteiger partial charge in [-0.15, -0.1) is 24.8 Å². The summed E-state index contributed by atoms with van der Waals surface area (Å²) < 4.78 is 0. The van der Waals surface area contributed by atoms with Crippen LogP contribution in [0.25, 0.3) is 0 Å². The molecule has 2 atom stereocenters. The van der Waals surface area contributed by atoms with E-state index in [4.69, 9.17) is 5.73 Å². The summed E-state index contributed by atoms with van der Waals surface area (Å²) in [6, 6.07) is 10.8. The summed E-state index contributed by atoms with van der Waals surface area (Å²) in [5.41, 5.74) is 7.07. The van der Waals surface area contributed by atoms with Crippen molar-refractivity contribution in [1.82, 2.24) is 9.80 Å². The fourth-order valence-corrected chi connectivity index (χ4v) is 2.96. The Balaban J connectivity index is 0.00000242. The summed E-state index contributed by atoms with van der Waals surface area (Å²) in [6.45, 7) is 4.91. The van der Waals surface area contributed by atoms with Crippen molar-refractivity contribution in [2.24, 2.45) is 5.73 Å². The third kappa shape index (κ3) is 7.08. The Bertz CT molecular complexity index is 456. The first-order valence-corrected chi connectivity index (χ1v) is 7.84. The molecule has 1 heterocycles. The average molecular weight is 362 g/mol. The van der Waals surface area contributed by atoms with Gasteiger partial charge in [0.05, 0.1) is 0 Å². The minimum Gasteiger partial charge on any atom is -0.341 e. The molecule has 23 heavy (non-hydrogen) atoms. The van der Waals surface area contributed by atoms with E-state index in [2.05, 4.69) is 29.2 Å². The minimum atomic E-state index is -0.0658. The highest BCUT2D eigenvalue weighted by Gasteiger charge is 2.26. The van der Waals surface area contributed by atoms with Crippen LogP contribution in [-0.2, 0) is 11.3 Å². The van der Waals surface area contributed by atoms with Crippen molar-refractivity contribution in [3.8, 4) is 0 Å². The molecule has 0 aromatic heterocycles. The molecule has 1 amide bonds. The number of likely N-dealkylation sites (tertiary alicyclic amines) is 1. The fraction of sp³-hybridized carbons (Fsp3) is 0.588. The Morgan fingerprint density at radius 3 is 2.61 bits per heavy atom. The van der Waals surface area contributed by atoms with Crippen LogP contribution in [-0.4, -0.2) is 47.9 Å². The molecule has 0 aliphatic carbocycles. The highest BCUT2D eigenvalue weighted by molar-refractivity contribution is 5.85. The second-order valence-electron chi connectivity index (χ2n) is 6.20. The first kappa shape index (κ1) is 22.2. The molecule has 1 saturated heterocycles. The molecule has 1 fully saturated rings. The minimum absolute atomic E-state index is 0. The van der Waals surface area contributed by atoms with Gasteiger partial charge in [0.2, 0.25) is 5.91 Å². The van der Waals surface area contributed by atoms with Gasteiger partial charge in [-0.1, -0.05) is 30.3 Å². The van der Waals surface area contributed by atoms with Crippen molar-refractivity contribution in [1.29, 1.82) is 0 Å². The Morgan fingerprint density at radius 2 is 2.00 bits per heavy atom. The molecular formula is C17H29Cl2N3O. The van der Waals surface area contributed by atoms with Crippen LogP contribution in [0.5, 0.6) is 0 Å². The quantitative estimate of drug-likeness (QED) is 0.876. The number of hydrogen-bond acceptors (Lipinski definition) is 3. The Labute approximate surface area is 152 Å². The smallest absolute Gasteiger partial charge is 0.224 e. The van der Waals surface area contributed by atoms with Gasteiger partial charge in [-0.3, -0.25) is 9.69 Å². The van der Waals surface area contributed by atoms with Crippen LogP contribution in [0.3, 0.4) is 0 Å². The Morgan fingerprint density at radius 1 is 1.35 bits per heavy atom. The number of likely N-dealkylation sites (N-methyl/N-ethyl adjacent to an activating group) is 1. The van der Waals surface area contributed by atoms with Gasteiger partial charge >= 0.3 is 0 Å². The highest BCUT2D eigenvalue weighted by Crippen LogP contribution is 2.18. The zero-order valence-electron chi connectivity index (χ0n) is 14.0. The molecule has 0 saturated carbocycles. The maximum absolute atomic E-state index is 12.1. The van der Waals surface area contributed by atoms with Crippen LogP contribution < -0.4 is 5.73 Å². The molecule has 6 heteroatoms. The van der Waals surface area contributed by atoms with E-state index in [9.17, 15) is 4.79 Å². The van der Waals surface area contributed by atoms with E-state index in [1.807, 2.05) is 24.9 Å². The summed E-state index contributed by atoms with van der Waals surface area (Å²) in [4.78, 5) is 16.5. The zero-order valence-corrected chi connectivity index (χ0v) is 15.6. The van der Waals surface area contributed by atoms with E-state index in [-0.39, 0.29) is 36.8 Å². The summed E-state index contributed by atoms with van der Waals surface area (Å²) in [6.07, 6.45) is 2.67. The van der Waals surface area contributed by atoms with E-state index in [1.165, 1.54) is 5.56 Å². The molecule has 1 aliphatic rings. The molecule has 2 rings (SSSR count). The van der Waals surface area contributed by atoms with Gasteiger partial charge in [-0.2, -0.15) is 0 Å². The van der Waals surface area contributed by atoms with Crippen LogP contribution in [0.1, 0.15) is 31.7 Å². The molecule has 1 aliphatic heterocycles. The van der Waals surface area contributed by atoms with Crippen molar-refractivity contribution in [3.63, 3.8) is 0 Å². The van der Waals surface area contributed by atoms with Crippen LogP contribution in [0.15, 0.2) is 30.3 Å². The van der Waals surface area contributed by atoms with Crippen molar-refractivity contribution in [2.75, 3.05) is 20.1 Å². The van der Waals surface area contributed by atoms with Gasteiger partial charge in [0, 0.05) is 38.6 Å². The van der Waals surface area contributed by atoms with Gasteiger partial charge in [-0.25, -0.2) is 0 Å². The van der Waals surface area contributed by atoms with Crippen LogP contribution >= 0.6 is 24.8 Å². The Kier molecular flexibility index (Phi) is 10.5. The lowest BCUT2D eigenvalue weighted by atomic mass is 10.0. The zero-order chi connectivity index (χ0) is 15.2. The number of carbonyl (C=O) groups is 1. The normalized spacial score (nSPS) is 19.2. The van der Waals surface area contributed by atoms with Crippen LogP contribution in [0, 0.1) is 0 Å². The van der Waals surface area contributed by atoms with Crippen LogP contribution in [0.2, 0.25) is 0 Å². The van der Waals surface area contributed by atoms with Gasteiger partial charge < -0.3 is 10.6 Å². The predicted octanol–water partition coefficient (Wildman–Crippen LogP) is 2.69. The lowest BCUT2D eigenvalue weighted by Gasteiger charge is -2.38. The second kappa shape index (κ2) is 10.9. The summed E-state index contributed by atoms with van der Waals surface area (Å²) in [5, 5.41) is 0. The number of rotatable bonds is 5. The lowest BCUT2D eigenvalue weighted by molar-refractivity contribution is -0.133. The lowest BCUT2D eigenvalue weighted by Crippen LogP contribution is -2.49. The highest BCUT2D eigenvalue weighted by atomic mass is 35.5. The van der Waals surface area contributed by atoms with Gasteiger partial charge in [0.15, 0.2) is 0 Å². The van der Waals surface area contributed by atoms with E-state index in [0.29, 0.717) is 12.5 Å². The monoisotopic (exact) mass is 361 g/mol. The molecule has 4 nitrogen and oxygen atoms in total. The molecule has 0 spiro atoms. The predicted molar refractivity (Wildman–Crippen MR) is 100 cm³/mol. The first-order valence-electron chi connectivity index (χ1n) is 7.84. The molecule has 2 N–H and O–H groups in total. The summed E-state index contributed by atoms with van der Waals surface area (Å²) in [5.74, 6) is 0.163. The van der Waals surface area contributed by atoms with E-state index in [0.717, 1.165) is 32.5 Å².